The van der Waals surface area contributed by atoms with Gasteiger partial charge in [-0.15, -0.1) is 4.91 Å². The minimum atomic E-state index is -0.0255. The van der Waals surface area contributed by atoms with Crippen molar-refractivity contribution in [3.63, 3.8) is 0 Å². The maximum Gasteiger partial charge on any atom is 0.246 e. The van der Waals surface area contributed by atoms with Crippen molar-refractivity contribution in [3.8, 4) is 0 Å². The first kappa shape index (κ1) is 19.0. The molecule has 140 valence electrons. The lowest BCUT2D eigenvalue weighted by Crippen LogP contribution is -2.47. The standard InChI is InChI=1S/C22H25N3O2/c1-17-6-5-7-18(2)20(17)16-24-12-14-25(15-13-24)22(26)11-10-19-8-3-4-9-21(19)23-27/h3-11H,12-16H2,1-2H3/b11-10+. The van der Waals surface area contributed by atoms with E-state index >= 15 is 0 Å². The smallest absolute Gasteiger partial charge is 0.246 e. The van der Waals surface area contributed by atoms with Crippen molar-refractivity contribution in [1.82, 2.24) is 9.80 Å². The van der Waals surface area contributed by atoms with Gasteiger partial charge in [-0.1, -0.05) is 36.4 Å². The number of amides is 1. The number of nitroso groups, excluding NO2 is 1. The number of benzene rings is 2. The molecule has 0 unspecified atom stereocenters. The summed E-state index contributed by atoms with van der Waals surface area (Å²) in [5.41, 5.74) is 5.03. The summed E-state index contributed by atoms with van der Waals surface area (Å²) in [6, 6.07) is 13.4. The lowest BCUT2D eigenvalue weighted by atomic mass is 10.0. The molecular formula is C22H25N3O2. The van der Waals surface area contributed by atoms with Gasteiger partial charge in [-0.25, -0.2) is 0 Å². The molecule has 27 heavy (non-hydrogen) atoms. The second-order valence-electron chi connectivity index (χ2n) is 6.96. The van der Waals surface area contributed by atoms with Crippen LogP contribution in [0.4, 0.5) is 5.69 Å². The van der Waals surface area contributed by atoms with Crippen LogP contribution in [-0.4, -0.2) is 41.9 Å². The van der Waals surface area contributed by atoms with Crippen LogP contribution in [0.5, 0.6) is 0 Å². The summed E-state index contributed by atoms with van der Waals surface area (Å²) >= 11 is 0. The molecule has 1 heterocycles. The average molecular weight is 363 g/mol. The van der Waals surface area contributed by atoms with Crippen molar-refractivity contribution in [1.29, 1.82) is 0 Å². The largest absolute Gasteiger partial charge is 0.337 e. The Morgan fingerprint density at radius 2 is 1.67 bits per heavy atom. The summed E-state index contributed by atoms with van der Waals surface area (Å²) in [6.07, 6.45) is 3.20. The molecule has 0 bridgehead atoms. The number of hydrogen-bond donors (Lipinski definition) is 0. The van der Waals surface area contributed by atoms with Crippen LogP contribution in [0.15, 0.2) is 53.7 Å². The first-order valence-corrected chi connectivity index (χ1v) is 9.25. The third-order valence-corrected chi connectivity index (χ3v) is 5.15. The molecule has 0 saturated carbocycles. The molecule has 0 N–H and O–H groups in total. The van der Waals surface area contributed by atoms with Gasteiger partial charge in [0.2, 0.25) is 5.91 Å². The SMILES string of the molecule is Cc1cccc(C)c1CN1CCN(C(=O)/C=C/c2ccccc2N=O)CC1. The maximum absolute atomic E-state index is 12.5. The highest BCUT2D eigenvalue weighted by molar-refractivity contribution is 5.92. The number of carbonyl (C=O) groups is 1. The van der Waals surface area contributed by atoms with Gasteiger partial charge in [0.15, 0.2) is 0 Å². The fourth-order valence-corrected chi connectivity index (χ4v) is 3.43. The molecule has 0 aromatic heterocycles. The summed E-state index contributed by atoms with van der Waals surface area (Å²) in [6.45, 7) is 8.37. The van der Waals surface area contributed by atoms with Crippen LogP contribution in [0.25, 0.3) is 6.08 Å². The second-order valence-corrected chi connectivity index (χ2v) is 6.96. The highest BCUT2D eigenvalue weighted by atomic mass is 16.3. The predicted molar refractivity (Wildman–Crippen MR) is 109 cm³/mol. The summed E-state index contributed by atoms with van der Waals surface area (Å²) < 4.78 is 0. The topological polar surface area (TPSA) is 53.0 Å². The third-order valence-electron chi connectivity index (χ3n) is 5.15. The van der Waals surface area contributed by atoms with Gasteiger partial charge in [0.1, 0.15) is 5.69 Å². The lowest BCUT2D eigenvalue weighted by molar-refractivity contribution is -0.127. The number of nitrogens with zero attached hydrogens (tertiary/aromatic N) is 3. The molecule has 1 saturated heterocycles. The van der Waals surface area contributed by atoms with Crippen LogP contribution in [-0.2, 0) is 11.3 Å². The van der Waals surface area contributed by atoms with E-state index in [9.17, 15) is 9.70 Å². The Bertz CT molecular complexity index is 832. The van der Waals surface area contributed by atoms with Crippen LogP contribution in [0.3, 0.4) is 0 Å². The lowest BCUT2D eigenvalue weighted by Gasteiger charge is -2.34. The molecule has 1 aliphatic heterocycles. The number of rotatable bonds is 5. The Kier molecular flexibility index (Phi) is 6.14. The molecule has 0 atom stereocenters. The molecule has 0 spiro atoms. The van der Waals surface area contributed by atoms with Gasteiger partial charge in [-0.2, -0.15) is 0 Å². The van der Waals surface area contributed by atoms with Crippen molar-refractivity contribution < 1.29 is 4.79 Å². The zero-order valence-corrected chi connectivity index (χ0v) is 15.9. The number of hydrogen-bond acceptors (Lipinski definition) is 4. The van der Waals surface area contributed by atoms with E-state index in [1.807, 2.05) is 11.0 Å². The van der Waals surface area contributed by atoms with Gasteiger partial charge in [0.05, 0.1) is 0 Å². The van der Waals surface area contributed by atoms with Crippen LogP contribution >= 0.6 is 0 Å². The number of piperazine rings is 1. The van der Waals surface area contributed by atoms with Crippen molar-refractivity contribution in [2.75, 3.05) is 26.2 Å². The fourth-order valence-electron chi connectivity index (χ4n) is 3.43. The van der Waals surface area contributed by atoms with Gasteiger partial charge in [-0.3, -0.25) is 9.69 Å². The fraction of sp³-hybridized carbons (Fsp3) is 0.318. The van der Waals surface area contributed by atoms with Crippen molar-refractivity contribution >= 4 is 17.7 Å². The van der Waals surface area contributed by atoms with Crippen molar-refractivity contribution in [2.45, 2.75) is 20.4 Å². The van der Waals surface area contributed by atoms with E-state index in [1.165, 1.54) is 22.8 Å². The highest BCUT2D eigenvalue weighted by Gasteiger charge is 2.20. The Labute approximate surface area is 160 Å². The molecule has 1 fully saturated rings. The van der Waals surface area contributed by atoms with E-state index in [4.69, 9.17) is 0 Å². The molecular weight excluding hydrogens is 338 g/mol. The minimum absolute atomic E-state index is 0.0255. The Balaban J connectivity index is 1.56. The Hall–Kier alpha value is -2.79. The Morgan fingerprint density at radius 1 is 1.00 bits per heavy atom. The normalized spacial score (nSPS) is 15.3. The van der Waals surface area contributed by atoms with Crippen molar-refractivity contribution in [2.24, 2.45) is 5.18 Å². The van der Waals surface area contributed by atoms with Gasteiger partial charge in [0, 0.05) is 44.4 Å². The number of aryl methyl sites for hydroxylation is 2. The molecule has 3 rings (SSSR count). The van der Waals surface area contributed by atoms with Crippen molar-refractivity contribution in [3.05, 3.63) is 75.7 Å². The zero-order valence-electron chi connectivity index (χ0n) is 15.9. The number of carbonyl (C=O) groups excluding carboxylic acids is 1. The zero-order chi connectivity index (χ0) is 19.2. The summed E-state index contributed by atoms with van der Waals surface area (Å²) in [5.74, 6) is -0.0255. The molecule has 5 heteroatoms. The molecule has 2 aromatic rings. The molecule has 2 aromatic carbocycles. The third kappa shape index (κ3) is 4.68. The molecule has 1 amide bonds. The molecule has 5 nitrogen and oxygen atoms in total. The quantitative estimate of drug-likeness (QED) is 0.595. The Morgan fingerprint density at radius 3 is 2.33 bits per heavy atom. The maximum atomic E-state index is 12.5. The van der Waals surface area contributed by atoms with E-state index < -0.39 is 0 Å². The predicted octanol–water partition coefficient (Wildman–Crippen LogP) is 4.06. The van der Waals surface area contributed by atoms with E-state index in [-0.39, 0.29) is 5.91 Å². The first-order chi connectivity index (χ1) is 13.1. The van der Waals surface area contributed by atoms with Gasteiger partial charge in [0.25, 0.3) is 0 Å². The van der Waals surface area contributed by atoms with E-state index in [2.05, 4.69) is 42.1 Å². The van der Waals surface area contributed by atoms with E-state index in [0.29, 0.717) is 24.3 Å². The average Bonchev–Trinajstić information content (AvgIpc) is 2.69. The van der Waals surface area contributed by atoms with Gasteiger partial charge < -0.3 is 4.90 Å². The van der Waals surface area contributed by atoms with Crippen LogP contribution in [0, 0.1) is 18.8 Å². The van der Waals surface area contributed by atoms with Gasteiger partial charge in [-0.05, 0) is 47.9 Å². The second kappa shape index (κ2) is 8.73. The van der Waals surface area contributed by atoms with Crippen LogP contribution in [0.2, 0.25) is 0 Å². The molecule has 1 aliphatic rings. The summed E-state index contributed by atoms with van der Waals surface area (Å²) in [7, 11) is 0. The van der Waals surface area contributed by atoms with Crippen LogP contribution in [0.1, 0.15) is 22.3 Å². The van der Waals surface area contributed by atoms with E-state index in [0.717, 1.165) is 19.6 Å². The highest BCUT2D eigenvalue weighted by Crippen LogP contribution is 2.20. The van der Waals surface area contributed by atoms with Gasteiger partial charge >= 0.3 is 0 Å². The molecule has 0 aliphatic carbocycles. The van der Waals surface area contributed by atoms with Crippen LogP contribution < -0.4 is 0 Å². The molecule has 0 radical (unpaired) electrons. The first-order valence-electron chi connectivity index (χ1n) is 9.25. The summed E-state index contributed by atoms with van der Waals surface area (Å²) in [5, 5.41) is 2.99. The van der Waals surface area contributed by atoms with E-state index in [1.54, 1.807) is 24.3 Å². The minimum Gasteiger partial charge on any atom is -0.337 e. The monoisotopic (exact) mass is 363 g/mol. The summed E-state index contributed by atoms with van der Waals surface area (Å²) in [4.78, 5) is 27.5.